The number of aliphatic hydroxyl groups excluding tert-OH is 1. The van der Waals surface area contributed by atoms with Crippen LogP contribution in [0, 0.1) is 22.7 Å². The molecule has 4 aromatic rings. The Balaban J connectivity index is 0.000000363. The number of rotatable bonds is 14. The van der Waals surface area contributed by atoms with Crippen molar-refractivity contribution >= 4 is 86.2 Å². The van der Waals surface area contributed by atoms with Gasteiger partial charge in [0.1, 0.15) is 24.2 Å². The van der Waals surface area contributed by atoms with Crippen molar-refractivity contribution in [3.05, 3.63) is 117 Å². The lowest BCUT2D eigenvalue weighted by Crippen LogP contribution is -2.55. The number of nitrogens with zero attached hydrogens (tertiary/aromatic N) is 2. The molecule has 4 amide bonds. The van der Waals surface area contributed by atoms with Gasteiger partial charge >= 0.3 is 0 Å². The normalized spacial score (nSPS) is 13.3. The van der Waals surface area contributed by atoms with Gasteiger partial charge in [-0.15, -0.1) is 0 Å². The standard InChI is InChI=1S/C25H33ClN4O5SSi.C19H19ClN4O5S/c1-16(35-37(6,7)25(2,3)4)22(28-19-11-8-18(15-27)21(26)14-19)24(32)30-29-23(31)17-9-12-20(13-10-17)36(5,33)34;1-11(25)17(22-14-6-3-13(10-21)16(20)9-14)19(27)24-23-18(26)12-4-7-15(8-5-12)30(2,28)29/h8-14,16,22,28H,1-7H3,(H,29,31)(H,30,32);3-9,11,17,22,25H,1-2H3,(H,23,26)(H,24,27)/t16-,22?;11-,17?/m00/s1. The molecule has 358 valence electrons. The summed E-state index contributed by atoms with van der Waals surface area (Å²) in [5.74, 6) is -2.58. The van der Waals surface area contributed by atoms with Gasteiger partial charge in [0, 0.05) is 35.0 Å². The summed E-state index contributed by atoms with van der Waals surface area (Å²) in [5, 5.41) is 34.2. The van der Waals surface area contributed by atoms with Gasteiger partial charge in [-0.1, -0.05) is 44.0 Å². The molecule has 0 saturated heterocycles. The predicted octanol–water partition coefficient (Wildman–Crippen LogP) is 5.50. The Kier molecular flexibility index (Phi) is 19.1. The molecule has 0 aromatic heterocycles. The van der Waals surface area contributed by atoms with Crippen LogP contribution in [0.15, 0.2) is 94.7 Å². The number of aliphatic hydroxyl groups is 1. The number of nitrogens with one attached hydrogen (secondary N) is 6. The van der Waals surface area contributed by atoms with Crippen molar-refractivity contribution < 1.29 is 45.5 Å². The van der Waals surface area contributed by atoms with Crippen LogP contribution in [-0.2, 0) is 33.7 Å². The molecule has 0 aliphatic carbocycles. The fourth-order valence-electron chi connectivity index (χ4n) is 5.50. The van der Waals surface area contributed by atoms with Crippen LogP contribution >= 0.6 is 23.2 Å². The Morgan fingerprint density at radius 1 is 0.642 bits per heavy atom. The van der Waals surface area contributed by atoms with E-state index in [0.717, 1.165) is 12.5 Å². The van der Waals surface area contributed by atoms with Crippen molar-refractivity contribution in [2.24, 2.45) is 0 Å². The van der Waals surface area contributed by atoms with E-state index in [-0.39, 0.29) is 41.6 Å². The fourth-order valence-corrected chi connectivity index (χ4v) is 8.63. The molecule has 7 N–H and O–H groups in total. The zero-order chi connectivity index (χ0) is 50.7. The zero-order valence-electron chi connectivity index (χ0n) is 38.0. The van der Waals surface area contributed by atoms with Crippen molar-refractivity contribution in [1.82, 2.24) is 21.7 Å². The first kappa shape index (κ1) is 55.3. The quantitative estimate of drug-likeness (QED) is 0.0607. The molecule has 18 nitrogen and oxygen atoms in total. The van der Waals surface area contributed by atoms with E-state index < -0.39 is 75.9 Å². The first-order valence-corrected chi connectivity index (χ1v) is 27.5. The summed E-state index contributed by atoms with van der Waals surface area (Å²) in [6, 6.07) is 21.5. The smallest absolute Gasteiger partial charge is 0.269 e. The average molecular weight is 1020 g/mol. The van der Waals surface area contributed by atoms with E-state index in [9.17, 15) is 41.1 Å². The third kappa shape index (κ3) is 16.1. The average Bonchev–Trinajstić information content (AvgIpc) is 3.24. The summed E-state index contributed by atoms with van der Waals surface area (Å²) in [6.07, 6.45) is 0.391. The van der Waals surface area contributed by atoms with Gasteiger partial charge in [-0.05, 0) is 117 Å². The van der Waals surface area contributed by atoms with Crippen LogP contribution in [0.5, 0.6) is 0 Å². The lowest BCUT2D eigenvalue weighted by molar-refractivity contribution is -0.125. The molecule has 4 aromatic carbocycles. The lowest BCUT2D eigenvalue weighted by Gasteiger charge is -2.40. The van der Waals surface area contributed by atoms with Crippen molar-refractivity contribution in [2.45, 2.75) is 86.8 Å². The number of amides is 4. The Morgan fingerprint density at radius 2 is 1.00 bits per heavy atom. The maximum Gasteiger partial charge on any atom is 0.269 e. The molecule has 2 unspecified atom stereocenters. The molecular weight excluding hydrogens is 964 g/mol. The first-order valence-electron chi connectivity index (χ1n) is 20.1. The molecular formula is C44H52Cl2N8O10S2Si. The van der Waals surface area contributed by atoms with Crippen LogP contribution in [0.25, 0.3) is 0 Å². The number of halogens is 2. The number of anilines is 2. The van der Waals surface area contributed by atoms with Crippen molar-refractivity contribution in [3.63, 3.8) is 0 Å². The summed E-state index contributed by atoms with van der Waals surface area (Å²) < 4.78 is 52.6. The number of carbonyl (C=O) groups is 4. The highest BCUT2D eigenvalue weighted by molar-refractivity contribution is 7.91. The number of sulfone groups is 2. The van der Waals surface area contributed by atoms with Gasteiger partial charge in [-0.25, -0.2) is 16.8 Å². The second-order valence-corrected chi connectivity index (χ2v) is 26.3. The third-order valence-corrected chi connectivity index (χ3v) is 17.8. The van der Waals surface area contributed by atoms with Gasteiger partial charge in [0.25, 0.3) is 23.6 Å². The Bertz CT molecular complexity index is 2780. The van der Waals surface area contributed by atoms with E-state index in [1.807, 2.05) is 12.1 Å². The van der Waals surface area contributed by atoms with Crippen LogP contribution in [-0.4, -0.2) is 90.7 Å². The molecule has 4 rings (SSSR count). The van der Waals surface area contributed by atoms with Gasteiger partial charge in [0.2, 0.25) is 0 Å². The molecule has 0 bridgehead atoms. The first-order chi connectivity index (χ1) is 31.0. The number of hydrogen-bond donors (Lipinski definition) is 7. The minimum absolute atomic E-state index is 0.0579. The predicted molar refractivity (Wildman–Crippen MR) is 257 cm³/mol. The summed E-state index contributed by atoms with van der Waals surface area (Å²) in [7, 11) is -9.06. The molecule has 0 fully saturated rings. The van der Waals surface area contributed by atoms with Gasteiger partial charge in [-0.3, -0.25) is 40.9 Å². The summed E-state index contributed by atoms with van der Waals surface area (Å²) in [4.78, 5) is 50.5. The van der Waals surface area contributed by atoms with E-state index in [2.05, 4.69) is 66.2 Å². The number of carbonyl (C=O) groups excluding carboxylic acids is 4. The van der Waals surface area contributed by atoms with Gasteiger partial charge in [-0.2, -0.15) is 10.5 Å². The zero-order valence-corrected chi connectivity index (χ0v) is 42.1. The van der Waals surface area contributed by atoms with E-state index in [1.54, 1.807) is 25.1 Å². The van der Waals surface area contributed by atoms with Gasteiger partial charge in [0.15, 0.2) is 28.0 Å². The number of nitriles is 2. The van der Waals surface area contributed by atoms with E-state index in [0.29, 0.717) is 16.9 Å². The lowest BCUT2D eigenvalue weighted by atomic mass is 10.1. The molecule has 4 atom stereocenters. The highest BCUT2D eigenvalue weighted by Crippen LogP contribution is 2.38. The van der Waals surface area contributed by atoms with Crippen molar-refractivity contribution in [1.29, 1.82) is 10.5 Å². The molecule has 0 spiro atoms. The van der Waals surface area contributed by atoms with Crippen LogP contribution in [0.3, 0.4) is 0 Å². The topological polar surface area (TPSA) is 286 Å². The van der Waals surface area contributed by atoms with Crippen LogP contribution < -0.4 is 32.3 Å². The maximum atomic E-state index is 13.2. The van der Waals surface area contributed by atoms with Crippen LogP contribution in [0.4, 0.5) is 11.4 Å². The monoisotopic (exact) mass is 1010 g/mol. The van der Waals surface area contributed by atoms with Crippen molar-refractivity contribution in [3.8, 4) is 12.1 Å². The second kappa shape index (κ2) is 23.1. The maximum absolute atomic E-state index is 13.2. The van der Waals surface area contributed by atoms with E-state index in [1.165, 1.54) is 73.7 Å². The van der Waals surface area contributed by atoms with Gasteiger partial charge < -0.3 is 20.2 Å². The molecule has 67 heavy (non-hydrogen) atoms. The summed E-state index contributed by atoms with van der Waals surface area (Å²) >= 11 is 12.1. The summed E-state index contributed by atoms with van der Waals surface area (Å²) in [5.41, 5.74) is 10.9. The number of hydrazine groups is 2. The van der Waals surface area contributed by atoms with E-state index in [4.69, 9.17) is 38.2 Å². The SMILES string of the molecule is C[C@H](O)C(Nc1ccc(C#N)c(Cl)c1)C(=O)NNC(=O)c1ccc(S(C)(=O)=O)cc1.C[C@H](O[Si](C)(C)C(C)(C)C)C(Nc1ccc(C#N)c(Cl)c1)C(=O)NNC(=O)c1ccc(S(C)(=O)=O)cc1. The Morgan fingerprint density at radius 3 is 1.31 bits per heavy atom. The molecule has 0 radical (unpaired) electrons. The van der Waals surface area contributed by atoms with Crippen LogP contribution in [0.1, 0.15) is 66.5 Å². The Hall–Kier alpha value is -6.04. The van der Waals surface area contributed by atoms with Gasteiger partial charge in [0.05, 0.1) is 43.2 Å². The number of benzene rings is 4. The molecule has 0 aliphatic heterocycles. The Labute approximate surface area is 401 Å². The second-order valence-electron chi connectivity index (χ2n) is 16.7. The minimum atomic E-state index is -3.40. The largest absolute Gasteiger partial charge is 0.412 e. The van der Waals surface area contributed by atoms with E-state index >= 15 is 0 Å². The molecule has 23 heteroatoms. The summed E-state index contributed by atoms with van der Waals surface area (Å²) in [6.45, 7) is 13.6. The molecule has 0 saturated carbocycles. The number of hydrogen-bond acceptors (Lipinski definition) is 14. The minimum Gasteiger partial charge on any atom is -0.412 e. The third-order valence-electron chi connectivity index (χ3n) is 10.3. The van der Waals surface area contributed by atoms with Crippen molar-refractivity contribution in [2.75, 3.05) is 23.1 Å². The molecule has 0 aliphatic rings. The van der Waals surface area contributed by atoms with Crippen LogP contribution in [0.2, 0.25) is 28.2 Å². The molecule has 0 heterocycles. The highest BCUT2D eigenvalue weighted by Gasteiger charge is 2.41. The fraction of sp³-hybridized carbons (Fsp3) is 0.318. The highest BCUT2D eigenvalue weighted by atomic mass is 35.5.